The largest absolute Gasteiger partial charge is 0.416 e. The van der Waals surface area contributed by atoms with Crippen LogP contribution in [0.4, 0.5) is 18.9 Å². The molecule has 0 aliphatic heterocycles. The first-order chi connectivity index (χ1) is 9.85. The molecule has 0 spiro atoms. The first kappa shape index (κ1) is 16.3. The second kappa shape index (κ2) is 6.59. The number of carbonyl (C=O) groups is 1. The van der Waals surface area contributed by atoms with Crippen molar-refractivity contribution in [1.82, 2.24) is 4.90 Å². The molecule has 0 saturated carbocycles. The maximum absolute atomic E-state index is 12.7. The number of nitrogen functional groups attached to an aromatic ring is 1. The summed E-state index contributed by atoms with van der Waals surface area (Å²) in [5, 5.41) is 17.2. The van der Waals surface area contributed by atoms with Gasteiger partial charge in [0.15, 0.2) is 0 Å². The Balaban J connectivity index is 3.29. The molecule has 1 rings (SSSR count). The number of halogens is 3. The number of hydrazine groups is 1. The van der Waals surface area contributed by atoms with Crippen LogP contribution in [0.2, 0.25) is 0 Å². The SMILES string of the molecule is N#CCN(CC#N)C(=O)c1cc(C(F)(F)F)ccc1NN. The number of nitrogens with two attached hydrogens (primary N) is 1. The standard InChI is InChI=1S/C12H10F3N5O/c13-12(14,15)8-1-2-10(19-18)9(7-8)11(21)20(5-3-16)6-4-17/h1-2,7,19H,5-6,18H2. The van der Waals surface area contributed by atoms with Gasteiger partial charge in [0, 0.05) is 0 Å². The molecule has 21 heavy (non-hydrogen) atoms. The predicted molar refractivity (Wildman–Crippen MR) is 66.4 cm³/mol. The number of hydrogen-bond donors (Lipinski definition) is 2. The van der Waals surface area contributed by atoms with E-state index >= 15 is 0 Å². The summed E-state index contributed by atoms with van der Waals surface area (Å²) < 4.78 is 38.0. The van der Waals surface area contributed by atoms with E-state index < -0.39 is 30.7 Å². The van der Waals surface area contributed by atoms with Crippen molar-refractivity contribution in [2.45, 2.75) is 6.18 Å². The molecule has 0 unspecified atom stereocenters. The lowest BCUT2D eigenvalue weighted by atomic mass is 10.1. The average molecular weight is 297 g/mol. The summed E-state index contributed by atoms with van der Waals surface area (Å²) in [5.74, 6) is 4.27. The minimum atomic E-state index is -4.63. The predicted octanol–water partition coefficient (Wildman–Crippen LogP) is 1.48. The van der Waals surface area contributed by atoms with E-state index in [4.69, 9.17) is 16.4 Å². The Labute approximate surface area is 118 Å². The van der Waals surface area contributed by atoms with E-state index in [0.29, 0.717) is 6.07 Å². The number of benzene rings is 1. The Kier molecular flexibility index (Phi) is 5.11. The number of nitrogens with zero attached hydrogens (tertiary/aromatic N) is 3. The van der Waals surface area contributed by atoms with Gasteiger partial charge in [-0.1, -0.05) is 0 Å². The van der Waals surface area contributed by atoms with E-state index in [9.17, 15) is 18.0 Å². The van der Waals surface area contributed by atoms with Crippen molar-refractivity contribution in [1.29, 1.82) is 10.5 Å². The topological polar surface area (TPSA) is 106 Å². The Bertz CT molecular complexity index is 599. The van der Waals surface area contributed by atoms with Gasteiger partial charge in [-0.2, -0.15) is 23.7 Å². The van der Waals surface area contributed by atoms with E-state index in [-0.39, 0.29) is 11.3 Å². The molecule has 1 aromatic carbocycles. The van der Waals surface area contributed by atoms with Gasteiger partial charge in [-0.15, -0.1) is 0 Å². The first-order valence-corrected chi connectivity index (χ1v) is 5.56. The van der Waals surface area contributed by atoms with Gasteiger partial charge in [-0.05, 0) is 18.2 Å². The lowest BCUT2D eigenvalue weighted by Crippen LogP contribution is -2.33. The van der Waals surface area contributed by atoms with Crippen molar-refractivity contribution < 1.29 is 18.0 Å². The van der Waals surface area contributed by atoms with Gasteiger partial charge in [0.25, 0.3) is 5.91 Å². The van der Waals surface area contributed by atoms with Crippen LogP contribution in [0.15, 0.2) is 18.2 Å². The number of nitriles is 2. The molecule has 1 aromatic rings. The van der Waals surface area contributed by atoms with E-state index in [0.717, 1.165) is 17.0 Å². The molecule has 9 heteroatoms. The van der Waals surface area contributed by atoms with Gasteiger partial charge in [0.2, 0.25) is 0 Å². The molecule has 0 heterocycles. The highest BCUT2D eigenvalue weighted by atomic mass is 19.4. The van der Waals surface area contributed by atoms with Crippen molar-refractivity contribution in [2.24, 2.45) is 5.84 Å². The van der Waals surface area contributed by atoms with E-state index in [2.05, 4.69) is 5.43 Å². The van der Waals surface area contributed by atoms with Crippen LogP contribution in [0.3, 0.4) is 0 Å². The highest BCUT2D eigenvalue weighted by Gasteiger charge is 2.32. The van der Waals surface area contributed by atoms with Crippen LogP contribution in [-0.4, -0.2) is 23.9 Å². The number of alkyl halides is 3. The molecule has 0 aliphatic carbocycles. The van der Waals surface area contributed by atoms with Gasteiger partial charge < -0.3 is 10.3 Å². The number of carbonyl (C=O) groups excluding carboxylic acids is 1. The molecule has 0 bridgehead atoms. The maximum Gasteiger partial charge on any atom is 0.416 e. The molecule has 0 aliphatic rings. The third-order valence-electron chi connectivity index (χ3n) is 2.54. The summed E-state index contributed by atoms with van der Waals surface area (Å²) >= 11 is 0. The highest BCUT2D eigenvalue weighted by Crippen LogP contribution is 2.32. The van der Waals surface area contributed by atoms with E-state index in [1.165, 1.54) is 0 Å². The van der Waals surface area contributed by atoms with Crippen molar-refractivity contribution in [3.05, 3.63) is 29.3 Å². The molecule has 0 aromatic heterocycles. The highest BCUT2D eigenvalue weighted by molar-refractivity contribution is 6.00. The van der Waals surface area contributed by atoms with Crippen LogP contribution < -0.4 is 11.3 Å². The Morgan fingerprint density at radius 2 is 1.86 bits per heavy atom. The monoisotopic (exact) mass is 297 g/mol. The molecule has 110 valence electrons. The van der Waals surface area contributed by atoms with Gasteiger partial charge in [0.1, 0.15) is 13.1 Å². The Morgan fingerprint density at radius 3 is 2.29 bits per heavy atom. The zero-order valence-electron chi connectivity index (χ0n) is 10.6. The number of hydrogen-bond acceptors (Lipinski definition) is 5. The zero-order valence-corrected chi connectivity index (χ0v) is 10.6. The summed E-state index contributed by atoms with van der Waals surface area (Å²) in [6, 6.07) is 5.73. The van der Waals surface area contributed by atoms with Crippen molar-refractivity contribution >= 4 is 11.6 Å². The van der Waals surface area contributed by atoms with Crippen molar-refractivity contribution in [2.75, 3.05) is 18.5 Å². The molecule has 0 atom stereocenters. The third-order valence-corrected chi connectivity index (χ3v) is 2.54. The van der Waals surface area contributed by atoms with Crippen LogP contribution in [-0.2, 0) is 6.18 Å². The second-order valence-electron chi connectivity index (χ2n) is 3.88. The summed E-state index contributed by atoms with van der Waals surface area (Å²) in [7, 11) is 0. The lowest BCUT2D eigenvalue weighted by molar-refractivity contribution is -0.137. The maximum atomic E-state index is 12.7. The Morgan fingerprint density at radius 1 is 1.29 bits per heavy atom. The minimum absolute atomic E-state index is 0.0334. The van der Waals surface area contributed by atoms with Gasteiger partial charge in [-0.3, -0.25) is 10.6 Å². The quantitative estimate of drug-likeness (QED) is 0.497. The first-order valence-electron chi connectivity index (χ1n) is 5.56. The Hall–Kier alpha value is -2.78. The van der Waals surface area contributed by atoms with Crippen LogP contribution in [0.5, 0.6) is 0 Å². The normalized spacial score (nSPS) is 10.4. The molecule has 1 amide bonds. The molecule has 0 fully saturated rings. The fourth-order valence-corrected chi connectivity index (χ4v) is 1.56. The van der Waals surface area contributed by atoms with Crippen molar-refractivity contribution in [3.8, 4) is 12.1 Å². The lowest BCUT2D eigenvalue weighted by Gasteiger charge is -2.19. The summed E-state index contributed by atoms with van der Waals surface area (Å²) in [4.78, 5) is 13.0. The third kappa shape index (κ3) is 3.84. The van der Waals surface area contributed by atoms with Crippen LogP contribution >= 0.6 is 0 Å². The zero-order chi connectivity index (χ0) is 16.0. The molecule has 0 radical (unpaired) electrons. The minimum Gasteiger partial charge on any atom is -0.323 e. The number of anilines is 1. The van der Waals surface area contributed by atoms with Crippen molar-refractivity contribution in [3.63, 3.8) is 0 Å². The fraction of sp³-hybridized carbons (Fsp3) is 0.250. The van der Waals surface area contributed by atoms with Crippen LogP contribution in [0.1, 0.15) is 15.9 Å². The van der Waals surface area contributed by atoms with Crippen LogP contribution in [0.25, 0.3) is 0 Å². The van der Waals surface area contributed by atoms with Gasteiger partial charge in [0.05, 0.1) is 29.0 Å². The van der Waals surface area contributed by atoms with Gasteiger partial charge >= 0.3 is 6.18 Å². The molecule has 0 saturated heterocycles. The van der Waals surface area contributed by atoms with Gasteiger partial charge in [-0.25, -0.2) is 0 Å². The van der Waals surface area contributed by atoms with E-state index in [1.54, 1.807) is 12.1 Å². The smallest absolute Gasteiger partial charge is 0.323 e. The molecule has 3 N–H and O–H groups in total. The second-order valence-corrected chi connectivity index (χ2v) is 3.88. The van der Waals surface area contributed by atoms with Crippen LogP contribution in [0, 0.1) is 22.7 Å². The van der Waals surface area contributed by atoms with E-state index in [1.807, 2.05) is 0 Å². The number of nitrogens with one attached hydrogen (secondary N) is 1. The molecular weight excluding hydrogens is 287 g/mol. The summed E-state index contributed by atoms with van der Waals surface area (Å²) in [6.07, 6.45) is -4.63. The summed E-state index contributed by atoms with van der Waals surface area (Å²) in [5.41, 5.74) is 0.688. The fourth-order valence-electron chi connectivity index (χ4n) is 1.56. The average Bonchev–Trinajstić information content (AvgIpc) is 2.44. The summed E-state index contributed by atoms with van der Waals surface area (Å²) in [6.45, 7) is -0.848. The molecule has 6 nitrogen and oxygen atoms in total. The number of rotatable bonds is 4. The number of amides is 1. The molecular formula is C12H10F3N5O.